The van der Waals surface area contributed by atoms with Gasteiger partial charge in [0.1, 0.15) is 5.54 Å². The number of carbonyl (C=O) groups excluding carboxylic acids is 1. The number of nitrogens with zero attached hydrogens (tertiary/aromatic N) is 2. The first-order valence-electron chi connectivity index (χ1n) is 6.15. The van der Waals surface area contributed by atoms with Crippen molar-refractivity contribution in [3.8, 4) is 0 Å². The summed E-state index contributed by atoms with van der Waals surface area (Å²) < 4.78 is 0. The van der Waals surface area contributed by atoms with Crippen molar-refractivity contribution >= 4 is 5.91 Å². The summed E-state index contributed by atoms with van der Waals surface area (Å²) in [5.74, 6) is 0.246. The van der Waals surface area contributed by atoms with Crippen LogP contribution in [0.15, 0.2) is 24.4 Å². The minimum atomic E-state index is -0.309. The molecule has 2 fully saturated rings. The van der Waals surface area contributed by atoms with E-state index in [-0.39, 0.29) is 17.5 Å². The van der Waals surface area contributed by atoms with Crippen molar-refractivity contribution in [1.29, 1.82) is 0 Å². The van der Waals surface area contributed by atoms with Crippen LogP contribution in [0.4, 0.5) is 0 Å². The van der Waals surface area contributed by atoms with E-state index in [2.05, 4.69) is 10.3 Å². The molecule has 3 heterocycles. The van der Waals surface area contributed by atoms with E-state index in [1.165, 1.54) is 0 Å². The van der Waals surface area contributed by atoms with Gasteiger partial charge in [-0.3, -0.25) is 15.1 Å². The maximum Gasteiger partial charge on any atom is 0.242 e. The summed E-state index contributed by atoms with van der Waals surface area (Å²) in [5.41, 5.74) is 0.739. The smallest absolute Gasteiger partial charge is 0.242 e. The molecule has 0 saturated carbocycles. The summed E-state index contributed by atoms with van der Waals surface area (Å²) in [6.07, 6.45) is 4.66. The van der Waals surface area contributed by atoms with Crippen LogP contribution in [-0.4, -0.2) is 34.9 Å². The van der Waals surface area contributed by atoms with Crippen molar-refractivity contribution in [2.24, 2.45) is 0 Å². The Kier molecular flexibility index (Phi) is 2.40. The number of hydrogen-bond acceptors (Lipinski definition) is 3. The Morgan fingerprint density at radius 2 is 2.35 bits per heavy atom. The number of amides is 1. The molecule has 17 heavy (non-hydrogen) atoms. The topological polar surface area (TPSA) is 45.2 Å². The summed E-state index contributed by atoms with van der Waals surface area (Å²) >= 11 is 0. The summed E-state index contributed by atoms with van der Waals surface area (Å²) in [6, 6.07) is 6.17. The highest BCUT2D eigenvalue weighted by molar-refractivity contribution is 5.88. The van der Waals surface area contributed by atoms with E-state index >= 15 is 0 Å². The molecule has 0 radical (unpaired) electrons. The van der Waals surface area contributed by atoms with Crippen LogP contribution in [0.2, 0.25) is 0 Å². The first kappa shape index (κ1) is 10.7. The van der Waals surface area contributed by atoms with Crippen LogP contribution in [0.5, 0.6) is 0 Å². The number of hydrogen-bond donors (Lipinski definition) is 1. The molecule has 1 N–H and O–H groups in total. The number of carbonyl (C=O) groups is 1. The standard InChI is InChI=1S/C13H17N3O/c1-16-9-7-13(12(16)17)6-5-11(15-13)10-4-2-3-8-14-10/h2-4,8,11,15H,5-7,9H2,1H3. The number of aromatic nitrogens is 1. The van der Waals surface area contributed by atoms with Gasteiger partial charge in [-0.15, -0.1) is 0 Å². The van der Waals surface area contributed by atoms with E-state index in [4.69, 9.17) is 0 Å². The largest absolute Gasteiger partial charge is 0.344 e. The Morgan fingerprint density at radius 3 is 3.00 bits per heavy atom. The van der Waals surface area contributed by atoms with Crippen molar-refractivity contribution in [3.63, 3.8) is 0 Å². The Hall–Kier alpha value is -1.42. The lowest BCUT2D eigenvalue weighted by atomic mass is 9.96. The van der Waals surface area contributed by atoms with E-state index in [0.29, 0.717) is 0 Å². The van der Waals surface area contributed by atoms with Gasteiger partial charge in [0.05, 0.1) is 11.7 Å². The second kappa shape index (κ2) is 3.81. The average molecular weight is 231 g/mol. The van der Waals surface area contributed by atoms with E-state index in [1.807, 2.05) is 36.3 Å². The average Bonchev–Trinajstić information content (AvgIpc) is 2.92. The normalized spacial score (nSPS) is 32.6. The molecule has 2 saturated heterocycles. The number of rotatable bonds is 1. The number of likely N-dealkylation sites (tertiary alicyclic amines) is 1. The van der Waals surface area contributed by atoms with Crippen LogP contribution in [0, 0.1) is 0 Å². The van der Waals surface area contributed by atoms with Crippen LogP contribution in [-0.2, 0) is 4.79 Å². The molecule has 2 aliphatic rings. The van der Waals surface area contributed by atoms with Crippen LogP contribution >= 0.6 is 0 Å². The molecular weight excluding hydrogens is 214 g/mol. The molecule has 90 valence electrons. The molecule has 0 aliphatic carbocycles. The van der Waals surface area contributed by atoms with Crippen molar-refractivity contribution in [2.45, 2.75) is 30.8 Å². The highest BCUT2D eigenvalue weighted by atomic mass is 16.2. The van der Waals surface area contributed by atoms with Gasteiger partial charge >= 0.3 is 0 Å². The fourth-order valence-electron chi connectivity index (χ4n) is 2.97. The van der Waals surface area contributed by atoms with Gasteiger partial charge in [-0.2, -0.15) is 0 Å². The summed E-state index contributed by atoms with van der Waals surface area (Å²) in [5, 5.41) is 3.51. The Labute approximate surface area is 101 Å². The third-order valence-corrected chi connectivity index (χ3v) is 3.99. The molecule has 1 aromatic heterocycles. The fraction of sp³-hybridized carbons (Fsp3) is 0.538. The lowest BCUT2D eigenvalue weighted by Gasteiger charge is -2.23. The zero-order chi connectivity index (χ0) is 11.9. The van der Waals surface area contributed by atoms with Gasteiger partial charge in [-0.05, 0) is 31.4 Å². The zero-order valence-corrected chi connectivity index (χ0v) is 10.0. The first-order chi connectivity index (χ1) is 8.21. The van der Waals surface area contributed by atoms with Crippen LogP contribution in [0.3, 0.4) is 0 Å². The molecule has 0 bridgehead atoms. The van der Waals surface area contributed by atoms with Gasteiger partial charge in [0, 0.05) is 19.8 Å². The minimum absolute atomic E-state index is 0.228. The summed E-state index contributed by atoms with van der Waals surface area (Å²) in [7, 11) is 1.88. The molecule has 2 unspecified atom stereocenters. The van der Waals surface area contributed by atoms with Crippen LogP contribution < -0.4 is 5.32 Å². The highest BCUT2D eigenvalue weighted by Crippen LogP contribution is 2.38. The van der Waals surface area contributed by atoms with Gasteiger partial charge in [-0.1, -0.05) is 6.07 Å². The Morgan fingerprint density at radius 1 is 1.47 bits per heavy atom. The van der Waals surface area contributed by atoms with Crippen molar-refractivity contribution in [2.75, 3.05) is 13.6 Å². The number of likely N-dealkylation sites (N-methyl/N-ethyl adjacent to an activating group) is 1. The van der Waals surface area contributed by atoms with E-state index < -0.39 is 0 Å². The number of nitrogens with one attached hydrogen (secondary N) is 1. The second-order valence-electron chi connectivity index (χ2n) is 5.05. The minimum Gasteiger partial charge on any atom is -0.344 e. The lowest BCUT2D eigenvalue weighted by molar-refractivity contribution is -0.131. The van der Waals surface area contributed by atoms with Gasteiger partial charge in [0.25, 0.3) is 0 Å². The zero-order valence-electron chi connectivity index (χ0n) is 10.0. The van der Waals surface area contributed by atoms with Gasteiger partial charge in [0.15, 0.2) is 0 Å². The second-order valence-corrected chi connectivity index (χ2v) is 5.05. The first-order valence-corrected chi connectivity index (χ1v) is 6.15. The Balaban J connectivity index is 1.81. The van der Waals surface area contributed by atoms with Crippen molar-refractivity contribution < 1.29 is 4.79 Å². The summed E-state index contributed by atoms with van der Waals surface area (Å²) in [4.78, 5) is 18.3. The predicted octanol–water partition coefficient (Wildman–Crippen LogP) is 1.11. The monoisotopic (exact) mass is 231 g/mol. The number of pyridine rings is 1. The quantitative estimate of drug-likeness (QED) is 0.787. The highest BCUT2D eigenvalue weighted by Gasteiger charge is 2.50. The molecule has 2 atom stereocenters. The molecule has 1 aromatic rings. The fourth-order valence-corrected chi connectivity index (χ4v) is 2.97. The molecule has 1 amide bonds. The molecule has 0 aromatic carbocycles. The van der Waals surface area contributed by atoms with Crippen LogP contribution in [0.1, 0.15) is 31.0 Å². The third kappa shape index (κ3) is 1.63. The lowest BCUT2D eigenvalue weighted by Crippen LogP contribution is -2.47. The third-order valence-electron chi connectivity index (χ3n) is 3.99. The molecule has 4 heteroatoms. The van der Waals surface area contributed by atoms with E-state index in [0.717, 1.165) is 31.5 Å². The van der Waals surface area contributed by atoms with Gasteiger partial charge in [-0.25, -0.2) is 0 Å². The van der Waals surface area contributed by atoms with E-state index in [9.17, 15) is 4.79 Å². The molecule has 3 rings (SSSR count). The molecular formula is C13H17N3O. The van der Waals surface area contributed by atoms with Gasteiger partial charge < -0.3 is 4.90 Å². The van der Waals surface area contributed by atoms with Gasteiger partial charge in [0.2, 0.25) is 5.91 Å². The predicted molar refractivity (Wildman–Crippen MR) is 64.3 cm³/mol. The summed E-state index contributed by atoms with van der Waals surface area (Å²) in [6.45, 7) is 0.862. The van der Waals surface area contributed by atoms with E-state index in [1.54, 1.807) is 0 Å². The molecule has 4 nitrogen and oxygen atoms in total. The molecule has 1 spiro atoms. The van der Waals surface area contributed by atoms with Crippen molar-refractivity contribution in [3.05, 3.63) is 30.1 Å². The Bertz CT molecular complexity index is 434. The molecule has 2 aliphatic heterocycles. The maximum atomic E-state index is 12.1. The van der Waals surface area contributed by atoms with Crippen molar-refractivity contribution in [1.82, 2.24) is 15.2 Å². The maximum absolute atomic E-state index is 12.1. The van der Waals surface area contributed by atoms with Crippen LogP contribution in [0.25, 0.3) is 0 Å². The SMILES string of the molecule is CN1CCC2(CCC(c3ccccn3)N2)C1=O.